The van der Waals surface area contributed by atoms with Crippen molar-refractivity contribution in [3.63, 3.8) is 0 Å². The van der Waals surface area contributed by atoms with E-state index in [2.05, 4.69) is 55.7 Å². The number of rotatable bonds is 5. The lowest BCUT2D eigenvalue weighted by Gasteiger charge is -2.30. The van der Waals surface area contributed by atoms with Crippen LogP contribution in [0.4, 0.5) is 0 Å². The molecule has 2 unspecified atom stereocenters. The van der Waals surface area contributed by atoms with E-state index in [1.807, 2.05) is 0 Å². The van der Waals surface area contributed by atoms with Crippen LogP contribution in [-0.2, 0) is 17.6 Å². The summed E-state index contributed by atoms with van der Waals surface area (Å²) in [5.74, 6) is 0.798. The number of nitrogens with one attached hydrogen (secondary N) is 2. The van der Waals surface area contributed by atoms with E-state index in [1.165, 1.54) is 5.56 Å². The maximum absolute atomic E-state index is 12.2. The van der Waals surface area contributed by atoms with Gasteiger partial charge in [0.2, 0.25) is 5.91 Å². The highest BCUT2D eigenvalue weighted by Crippen LogP contribution is 2.11. The minimum Gasteiger partial charge on any atom is -0.352 e. The lowest BCUT2D eigenvalue weighted by atomic mass is 9.99. The van der Waals surface area contributed by atoms with Crippen LogP contribution in [0.1, 0.15) is 44.7 Å². The zero-order chi connectivity index (χ0) is 15.2. The molecule has 1 heterocycles. The largest absolute Gasteiger partial charge is 0.352 e. The maximum Gasteiger partial charge on any atom is 0.224 e. The van der Waals surface area contributed by atoms with Gasteiger partial charge < -0.3 is 10.6 Å². The highest BCUT2D eigenvalue weighted by molar-refractivity contribution is 5.78. The summed E-state index contributed by atoms with van der Waals surface area (Å²) in [6.07, 6.45) is 3.79. The SMILES string of the molecule is CC(C)Cc1ccc(CC(=O)NC2CCCNC2C)cc1. The molecule has 1 aromatic carbocycles. The van der Waals surface area contributed by atoms with Crippen molar-refractivity contribution in [1.29, 1.82) is 0 Å². The molecule has 1 aliphatic rings. The topological polar surface area (TPSA) is 41.1 Å². The first kappa shape index (κ1) is 16.0. The molecule has 2 rings (SSSR count). The Hall–Kier alpha value is -1.35. The van der Waals surface area contributed by atoms with Crippen LogP contribution in [0.2, 0.25) is 0 Å². The zero-order valence-electron chi connectivity index (χ0n) is 13.5. The standard InChI is InChI=1S/C18H28N2O/c1-13(2)11-15-6-8-16(9-7-15)12-18(21)20-17-5-4-10-19-14(17)3/h6-9,13-14,17,19H,4-5,10-12H2,1-3H3,(H,20,21). The maximum atomic E-state index is 12.2. The summed E-state index contributed by atoms with van der Waals surface area (Å²) >= 11 is 0. The van der Waals surface area contributed by atoms with Crippen LogP contribution in [0.15, 0.2) is 24.3 Å². The van der Waals surface area contributed by atoms with Gasteiger partial charge in [-0.2, -0.15) is 0 Å². The average Bonchev–Trinajstić information content (AvgIpc) is 2.43. The molecule has 2 N–H and O–H groups in total. The normalized spacial score (nSPS) is 22.3. The second kappa shape index (κ2) is 7.60. The van der Waals surface area contributed by atoms with E-state index >= 15 is 0 Å². The fourth-order valence-corrected chi connectivity index (χ4v) is 2.95. The number of hydrogen-bond acceptors (Lipinski definition) is 2. The molecule has 1 fully saturated rings. The van der Waals surface area contributed by atoms with Gasteiger partial charge in [-0.3, -0.25) is 4.79 Å². The molecular weight excluding hydrogens is 260 g/mol. The van der Waals surface area contributed by atoms with Gasteiger partial charge >= 0.3 is 0 Å². The molecule has 1 amide bonds. The van der Waals surface area contributed by atoms with Crippen molar-refractivity contribution in [3.8, 4) is 0 Å². The minimum absolute atomic E-state index is 0.132. The van der Waals surface area contributed by atoms with Crippen molar-refractivity contribution < 1.29 is 4.79 Å². The Morgan fingerprint density at radius 3 is 2.57 bits per heavy atom. The molecule has 1 saturated heterocycles. The van der Waals surface area contributed by atoms with Gasteiger partial charge in [0.15, 0.2) is 0 Å². The monoisotopic (exact) mass is 288 g/mol. The summed E-state index contributed by atoms with van der Waals surface area (Å²) in [4.78, 5) is 12.2. The van der Waals surface area contributed by atoms with Gasteiger partial charge in [-0.1, -0.05) is 38.1 Å². The van der Waals surface area contributed by atoms with Crippen molar-refractivity contribution in [3.05, 3.63) is 35.4 Å². The number of piperidine rings is 1. The van der Waals surface area contributed by atoms with Crippen molar-refractivity contribution in [2.45, 2.75) is 58.5 Å². The number of carbonyl (C=O) groups is 1. The highest BCUT2D eigenvalue weighted by atomic mass is 16.1. The Kier molecular flexibility index (Phi) is 5.80. The lowest BCUT2D eigenvalue weighted by Crippen LogP contribution is -2.52. The molecule has 0 bridgehead atoms. The number of amides is 1. The third-order valence-corrected chi connectivity index (χ3v) is 4.14. The summed E-state index contributed by atoms with van der Waals surface area (Å²) in [7, 11) is 0. The smallest absolute Gasteiger partial charge is 0.224 e. The predicted molar refractivity (Wildman–Crippen MR) is 87.3 cm³/mol. The van der Waals surface area contributed by atoms with Gasteiger partial charge in [0.05, 0.1) is 6.42 Å². The third kappa shape index (κ3) is 5.16. The first-order chi connectivity index (χ1) is 10.0. The first-order valence-electron chi connectivity index (χ1n) is 8.15. The van der Waals surface area contributed by atoms with Crippen molar-refractivity contribution in [2.75, 3.05) is 6.54 Å². The molecular formula is C18H28N2O. The second-order valence-electron chi connectivity index (χ2n) is 6.65. The molecule has 21 heavy (non-hydrogen) atoms. The Morgan fingerprint density at radius 2 is 1.95 bits per heavy atom. The van der Waals surface area contributed by atoms with Gasteiger partial charge in [0.1, 0.15) is 0 Å². The third-order valence-electron chi connectivity index (χ3n) is 4.14. The van der Waals surface area contributed by atoms with Gasteiger partial charge in [-0.15, -0.1) is 0 Å². The Bertz CT molecular complexity index is 453. The Labute approximate surface area is 128 Å². The fourth-order valence-electron chi connectivity index (χ4n) is 2.95. The molecule has 1 aliphatic heterocycles. The van der Waals surface area contributed by atoms with E-state index in [0.29, 0.717) is 18.4 Å². The second-order valence-corrected chi connectivity index (χ2v) is 6.65. The van der Waals surface area contributed by atoms with E-state index in [1.54, 1.807) is 0 Å². The molecule has 0 radical (unpaired) electrons. The molecule has 2 atom stereocenters. The van der Waals surface area contributed by atoms with E-state index in [0.717, 1.165) is 31.4 Å². The van der Waals surface area contributed by atoms with Gasteiger partial charge in [0.25, 0.3) is 0 Å². The van der Waals surface area contributed by atoms with E-state index in [-0.39, 0.29) is 11.9 Å². The number of carbonyl (C=O) groups excluding carboxylic acids is 1. The summed E-state index contributed by atoms with van der Waals surface area (Å²) in [6.45, 7) is 7.65. The van der Waals surface area contributed by atoms with Crippen molar-refractivity contribution >= 4 is 5.91 Å². The zero-order valence-corrected chi connectivity index (χ0v) is 13.5. The van der Waals surface area contributed by atoms with Crippen LogP contribution < -0.4 is 10.6 Å². The molecule has 1 aromatic rings. The van der Waals surface area contributed by atoms with Gasteiger partial charge in [0, 0.05) is 12.1 Å². The van der Waals surface area contributed by atoms with Crippen molar-refractivity contribution in [1.82, 2.24) is 10.6 Å². The molecule has 3 heteroatoms. The Balaban J connectivity index is 1.84. The molecule has 0 spiro atoms. The lowest BCUT2D eigenvalue weighted by molar-refractivity contribution is -0.121. The predicted octanol–water partition coefficient (Wildman–Crippen LogP) is 2.68. The van der Waals surface area contributed by atoms with Gasteiger partial charge in [-0.25, -0.2) is 0 Å². The number of hydrogen-bond donors (Lipinski definition) is 2. The first-order valence-corrected chi connectivity index (χ1v) is 8.15. The summed E-state index contributed by atoms with van der Waals surface area (Å²) in [5.41, 5.74) is 2.44. The molecule has 0 saturated carbocycles. The van der Waals surface area contributed by atoms with Crippen molar-refractivity contribution in [2.24, 2.45) is 5.92 Å². The molecule has 0 aromatic heterocycles. The quantitative estimate of drug-likeness (QED) is 0.874. The van der Waals surface area contributed by atoms with Crippen LogP contribution in [0.25, 0.3) is 0 Å². The fraction of sp³-hybridized carbons (Fsp3) is 0.611. The van der Waals surface area contributed by atoms with Gasteiger partial charge in [-0.05, 0) is 49.8 Å². The minimum atomic E-state index is 0.132. The van der Waals surface area contributed by atoms with Crippen LogP contribution in [0.3, 0.4) is 0 Å². The summed E-state index contributed by atoms with van der Waals surface area (Å²) in [6, 6.07) is 9.10. The average molecular weight is 288 g/mol. The van der Waals surface area contributed by atoms with Crippen LogP contribution in [0.5, 0.6) is 0 Å². The van der Waals surface area contributed by atoms with Crippen LogP contribution in [-0.4, -0.2) is 24.5 Å². The van der Waals surface area contributed by atoms with E-state index in [4.69, 9.17) is 0 Å². The Morgan fingerprint density at radius 1 is 1.29 bits per heavy atom. The summed E-state index contributed by atoms with van der Waals surface area (Å²) in [5, 5.41) is 6.57. The van der Waals surface area contributed by atoms with Crippen LogP contribution in [0, 0.1) is 5.92 Å². The van der Waals surface area contributed by atoms with E-state index in [9.17, 15) is 4.79 Å². The molecule has 3 nitrogen and oxygen atoms in total. The van der Waals surface area contributed by atoms with E-state index < -0.39 is 0 Å². The molecule has 116 valence electrons. The number of benzene rings is 1. The van der Waals surface area contributed by atoms with Crippen LogP contribution >= 0.6 is 0 Å². The summed E-state index contributed by atoms with van der Waals surface area (Å²) < 4.78 is 0. The molecule has 0 aliphatic carbocycles. The highest BCUT2D eigenvalue weighted by Gasteiger charge is 2.22.